The summed E-state index contributed by atoms with van der Waals surface area (Å²) in [5.74, 6) is 1.53. The van der Waals surface area contributed by atoms with E-state index in [9.17, 15) is 0 Å². The summed E-state index contributed by atoms with van der Waals surface area (Å²) >= 11 is 1.41. The first-order valence-corrected chi connectivity index (χ1v) is 4.98. The second kappa shape index (κ2) is 3.47. The Labute approximate surface area is 85.1 Å². The largest absolute Gasteiger partial charge is 0.391 e. The molecule has 0 bridgehead atoms. The van der Waals surface area contributed by atoms with E-state index in [1.54, 1.807) is 10.9 Å². The molecule has 0 aliphatic heterocycles. The lowest BCUT2D eigenvalue weighted by atomic mass is 10.6. The Hall–Kier alpha value is -1.27. The van der Waals surface area contributed by atoms with Gasteiger partial charge in [-0.3, -0.25) is 0 Å². The molecule has 5 nitrogen and oxygen atoms in total. The van der Waals surface area contributed by atoms with Crippen LogP contribution >= 0.6 is 11.3 Å². The van der Waals surface area contributed by atoms with Crippen molar-refractivity contribution in [2.75, 3.05) is 0 Å². The number of aromatic nitrogens is 4. The molecule has 0 fully saturated rings. The van der Waals surface area contributed by atoms with Crippen molar-refractivity contribution >= 4 is 11.3 Å². The molecule has 0 spiro atoms. The van der Waals surface area contributed by atoms with Crippen LogP contribution in [0.5, 0.6) is 0 Å². The first kappa shape index (κ1) is 9.29. The van der Waals surface area contributed by atoms with Crippen molar-refractivity contribution in [1.82, 2.24) is 19.7 Å². The van der Waals surface area contributed by atoms with Crippen LogP contribution < -0.4 is 0 Å². The van der Waals surface area contributed by atoms with Crippen molar-refractivity contribution in [2.45, 2.75) is 20.5 Å². The van der Waals surface area contributed by atoms with E-state index < -0.39 is 0 Å². The Morgan fingerprint density at radius 3 is 2.79 bits per heavy atom. The molecule has 74 valence electrons. The van der Waals surface area contributed by atoms with Gasteiger partial charge < -0.3 is 5.11 Å². The van der Waals surface area contributed by atoms with Crippen LogP contribution in [0.25, 0.3) is 5.13 Å². The molecule has 1 N–H and O–H groups in total. The Morgan fingerprint density at radius 2 is 2.29 bits per heavy atom. The summed E-state index contributed by atoms with van der Waals surface area (Å²) in [6, 6.07) is 0. The molecule has 2 heterocycles. The maximum Gasteiger partial charge on any atom is 0.212 e. The van der Waals surface area contributed by atoms with Crippen molar-refractivity contribution in [3.05, 3.63) is 22.7 Å². The summed E-state index contributed by atoms with van der Waals surface area (Å²) in [5, 5.41) is 13.8. The maximum atomic E-state index is 8.90. The highest BCUT2D eigenvalue weighted by molar-refractivity contribution is 7.14. The van der Waals surface area contributed by atoms with Gasteiger partial charge in [-0.2, -0.15) is 4.68 Å². The van der Waals surface area contributed by atoms with Crippen LogP contribution in [0.15, 0.2) is 6.20 Å². The average Bonchev–Trinajstić information content (AvgIpc) is 2.71. The van der Waals surface area contributed by atoms with Gasteiger partial charge in [0.1, 0.15) is 11.6 Å². The third kappa shape index (κ3) is 1.53. The van der Waals surface area contributed by atoms with E-state index in [1.807, 2.05) is 13.8 Å². The Balaban J connectivity index is 2.43. The highest BCUT2D eigenvalue weighted by Crippen LogP contribution is 2.17. The van der Waals surface area contributed by atoms with E-state index in [4.69, 9.17) is 5.11 Å². The van der Waals surface area contributed by atoms with Gasteiger partial charge in [0, 0.05) is 6.20 Å². The lowest BCUT2D eigenvalue weighted by Crippen LogP contribution is -1.97. The number of aliphatic hydroxyl groups excluding tert-OH is 1. The van der Waals surface area contributed by atoms with Gasteiger partial charge in [-0.25, -0.2) is 9.97 Å². The molecule has 0 aromatic carbocycles. The molecular weight excluding hydrogens is 200 g/mol. The molecule has 2 aromatic rings. The zero-order valence-corrected chi connectivity index (χ0v) is 8.75. The topological polar surface area (TPSA) is 63.8 Å². The SMILES string of the molecule is Cc1nc(C)n(-c2ncc(CO)s2)n1. The summed E-state index contributed by atoms with van der Waals surface area (Å²) < 4.78 is 1.68. The summed E-state index contributed by atoms with van der Waals surface area (Å²) in [4.78, 5) is 9.16. The highest BCUT2D eigenvalue weighted by Gasteiger charge is 2.08. The Bertz CT molecular complexity index is 448. The van der Waals surface area contributed by atoms with Gasteiger partial charge in [-0.05, 0) is 13.8 Å². The van der Waals surface area contributed by atoms with E-state index in [2.05, 4.69) is 15.1 Å². The van der Waals surface area contributed by atoms with Gasteiger partial charge in [0.15, 0.2) is 0 Å². The van der Waals surface area contributed by atoms with Crippen LogP contribution in [0.2, 0.25) is 0 Å². The molecule has 2 aromatic heterocycles. The normalized spacial score (nSPS) is 10.8. The molecule has 0 radical (unpaired) electrons. The first-order chi connectivity index (χ1) is 6.70. The van der Waals surface area contributed by atoms with Crippen molar-refractivity contribution in [1.29, 1.82) is 0 Å². The predicted octanol–water partition coefficient (Wildman–Crippen LogP) is 0.833. The number of hydrogen-bond acceptors (Lipinski definition) is 5. The van der Waals surface area contributed by atoms with E-state index in [-0.39, 0.29) is 6.61 Å². The van der Waals surface area contributed by atoms with Crippen LogP contribution in [-0.2, 0) is 6.61 Å². The molecule has 2 rings (SSSR count). The molecular formula is C8H10N4OS. The smallest absolute Gasteiger partial charge is 0.212 e. The number of nitrogens with zero attached hydrogens (tertiary/aromatic N) is 4. The number of aliphatic hydroxyl groups is 1. The zero-order valence-electron chi connectivity index (χ0n) is 7.93. The van der Waals surface area contributed by atoms with E-state index >= 15 is 0 Å². The summed E-state index contributed by atoms with van der Waals surface area (Å²) in [5.41, 5.74) is 0. The highest BCUT2D eigenvalue weighted by atomic mass is 32.1. The zero-order chi connectivity index (χ0) is 10.1. The van der Waals surface area contributed by atoms with Gasteiger partial charge in [0.25, 0.3) is 0 Å². The fraction of sp³-hybridized carbons (Fsp3) is 0.375. The van der Waals surface area contributed by atoms with Gasteiger partial charge in [-0.1, -0.05) is 11.3 Å². The van der Waals surface area contributed by atoms with Crippen molar-refractivity contribution in [2.24, 2.45) is 0 Å². The molecule has 0 saturated heterocycles. The number of rotatable bonds is 2. The van der Waals surface area contributed by atoms with Gasteiger partial charge >= 0.3 is 0 Å². The van der Waals surface area contributed by atoms with Crippen LogP contribution in [0.1, 0.15) is 16.5 Å². The molecule has 0 saturated carbocycles. The van der Waals surface area contributed by atoms with E-state index in [0.717, 1.165) is 21.7 Å². The fourth-order valence-electron chi connectivity index (χ4n) is 1.17. The Morgan fingerprint density at radius 1 is 1.50 bits per heavy atom. The molecule has 0 amide bonds. The molecule has 0 unspecified atom stereocenters. The van der Waals surface area contributed by atoms with Gasteiger partial charge in [-0.15, -0.1) is 5.10 Å². The maximum absolute atomic E-state index is 8.90. The number of thiazole rings is 1. The van der Waals surface area contributed by atoms with Crippen molar-refractivity contribution in [3.8, 4) is 5.13 Å². The van der Waals surface area contributed by atoms with Gasteiger partial charge in [0.05, 0.1) is 11.5 Å². The summed E-state index contributed by atoms with van der Waals surface area (Å²) in [6.07, 6.45) is 1.65. The summed E-state index contributed by atoms with van der Waals surface area (Å²) in [7, 11) is 0. The van der Waals surface area contributed by atoms with Crippen molar-refractivity contribution in [3.63, 3.8) is 0 Å². The lowest BCUT2D eigenvalue weighted by molar-refractivity contribution is 0.285. The number of hydrogen-bond donors (Lipinski definition) is 1. The number of aryl methyl sites for hydroxylation is 2. The monoisotopic (exact) mass is 210 g/mol. The summed E-state index contributed by atoms with van der Waals surface area (Å²) in [6.45, 7) is 3.73. The van der Waals surface area contributed by atoms with Crippen LogP contribution in [-0.4, -0.2) is 24.9 Å². The third-order valence-corrected chi connectivity index (χ3v) is 2.71. The minimum absolute atomic E-state index is 0.0182. The van der Waals surface area contributed by atoms with Crippen LogP contribution in [0.3, 0.4) is 0 Å². The second-order valence-electron chi connectivity index (χ2n) is 2.89. The quantitative estimate of drug-likeness (QED) is 0.797. The average molecular weight is 210 g/mol. The molecule has 0 aliphatic rings. The predicted molar refractivity (Wildman–Crippen MR) is 52.4 cm³/mol. The fourth-order valence-corrected chi connectivity index (χ4v) is 1.94. The van der Waals surface area contributed by atoms with E-state index in [0.29, 0.717) is 0 Å². The van der Waals surface area contributed by atoms with Crippen LogP contribution in [0, 0.1) is 13.8 Å². The third-order valence-electron chi connectivity index (χ3n) is 1.75. The molecule has 14 heavy (non-hydrogen) atoms. The van der Waals surface area contributed by atoms with E-state index in [1.165, 1.54) is 11.3 Å². The first-order valence-electron chi connectivity index (χ1n) is 4.17. The second-order valence-corrected chi connectivity index (χ2v) is 3.98. The lowest BCUT2D eigenvalue weighted by Gasteiger charge is -1.94. The van der Waals surface area contributed by atoms with Crippen molar-refractivity contribution < 1.29 is 5.11 Å². The molecule has 6 heteroatoms. The Kier molecular flexibility index (Phi) is 2.30. The molecule has 0 aliphatic carbocycles. The van der Waals surface area contributed by atoms with Crippen LogP contribution in [0.4, 0.5) is 0 Å². The standard InChI is InChI=1S/C8H10N4OS/c1-5-10-6(2)12(11-5)8-9-3-7(4-13)14-8/h3,13H,4H2,1-2H3. The molecule has 0 atom stereocenters. The van der Waals surface area contributed by atoms with Gasteiger partial charge in [0.2, 0.25) is 5.13 Å². The minimum atomic E-state index is 0.0182. The minimum Gasteiger partial charge on any atom is -0.391 e.